The Morgan fingerprint density at radius 1 is 1.18 bits per heavy atom. The molecule has 170 valence electrons. The summed E-state index contributed by atoms with van der Waals surface area (Å²) in [5.74, 6) is -0.153. The number of pyridine rings is 1. The SMILES string of the molecule is CCS(=O)(=O)N1CCC(Nc2cc(NC(=O)c3ccc(C#N)cc3)cc3ccncc23)CC1. The molecule has 1 aliphatic rings. The predicted octanol–water partition coefficient (Wildman–Crippen LogP) is 3.58. The zero-order valence-electron chi connectivity index (χ0n) is 18.3. The van der Waals surface area contributed by atoms with Gasteiger partial charge in [0.15, 0.2) is 0 Å². The fourth-order valence-electron chi connectivity index (χ4n) is 3.97. The molecule has 1 saturated heterocycles. The van der Waals surface area contributed by atoms with Gasteiger partial charge in [0.1, 0.15) is 0 Å². The average Bonchev–Trinajstić information content (AvgIpc) is 2.84. The van der Waals surface area contributed by atoms with Crippen molar-refractivity contribution in [1.29, 1.82) is 5.26 Å². The van der Waals surface area contributed by atoms with Crippen molar-refractivity contribution in [1.82, 2.24) is 9.29 Å². The van der Waals surface area contributed by atoms with E-state index in [1.807, 2.05) is 24.3 Å². The van der Waals surface area contributed by atoms with Gasteiger partial charge in [-0.1, -0.05) is 0 Å². The molecular weight excluding hydrogens is 438 g/mol. The monoisotopic (exact) mass is 463 g/mol. The van der Waals surface area contributed by atoms with E-state index in [1.165, 1.54) is 0 Å². The zero-order chi connectivity index (χ0) is 23.4. The quantitative estimate of drug-likeness (QED) is 0.577. The van der Waals surface area contributed by atoms with Gasteiger partial charge in [-0.05, 0) is 67.6 Å². The maximum Gasteiger partial charge on any atom is 0.255 e. The van der Waals surface area contributed by atoms with Crippen molar-refractivity contribution >= 4 is 38.1 Å². The Labute approximate surface area is 193 Å². The summed E-state index contributed by atoms with van der Waals surface area (Å²) in [5.41, 5.74) is 2.43. The summed E-state index contributed by atoms with van der Waals surface area (Å²) in [6.07, 6.45) is 4.87. The number of anilines is 2. The van der Waals surface area contributed by atoms with Crippen molar-refractivity contribution in [2.24, 2.45) is 0 Å². The highest BCUT2D eigenvalue weighted by Crippen LogP contribution is 2.30. The minimum Gasteiger partial charge on any atom is -0.382 e. The molecule has 33 heavy (non-hydrogen) atoms. The van der Waals surface area contributed by atoms with Gasteiger partial charge in [0.05, 0.1) is 17.4 Å². The van der Waals surface area contributed by atoms with E-state index >= 15 is 0 Å². The number of nitrogens with one attached hydrogen (secondary N) is 2. The second kappa shape index (κ2) is 9.57. The van der Waals surface area contributed by atoms with Crippen molar-refractivity contribution in [3.05, 3.63) is 66.0 Å². The van der Waals surface area contributed by atoms with Crippen LogP contribution in [0.2, 0.25) is 0 Å². The van der Waals surface area contributed by atoms with Crippen molar-refractivity contribution in [3.8, 4) is 6.07 Å². The Morgan fingerprint density at radius 2 is 1.91 bits per heavy atom. The van der Waals surface area contributed by atoms with Gasteiger partial charge in [0.2, 0.25) is 10.0 Å². The summed E-state index contributed by atoms with van der Waals surface area (Å²) in [4.78, 5) is 17.0. The minimum absolute atomic E-state index is 0.112. The van der Waals surface area contributed by atoms with E-state index in [1.54, 1.807) is 47.9 Å². The molecule has 1 amide bonds. The smallest absolute Gasteiger partial charge is 0.255 e. The molecule has 0 atom stereocenters. The molecule has 0 unspecified atom stereocenters. The lowest BCUT2D eigenvalue weighted by atomic mass is 10.0. The molecule has 9 heteroatoms. The summed E-state index contributed by atoms with van der Waals surface area (Å²) < 4.78 is 25.8. The fraction of sp³-hybridized carbons (Fsp3) is 0.292. The maximum atomic E-state index is 12.7. The van der Waals surface area contributed by atoms with Crippen LogP contribution in [0.4, 0.5) is 11.4 Å². The van der Waals surface area contributed by atoms with Gasteiger partial charge in [0.25, 0.3) is 5.91 Å². The molecule has 0 radical (unpaired) electrons. The number of sulfonamides is 1. The first kappa shape index (κ1) is 22.7. The molecule has 1 aliphatic heterocycles. The molecule has 0 aliphatic carbocycles. The Morgan fingerprint density at radius 3 is 2.58 bits per heavy atom. The topological polar surface area (TPSA) is 115 Å². The number of carbonyl (C=O) groups is 1. The molecule has 1 aromatic heterocycles. The lowest BCUT2D eigenvalue weighted by Crippen LogP contribution is -2.42. The summed E-state index contributed by atoms with van der Waals surface area (Å²) in [6.45, 7) is 2.63. The third-order valence-corrected chi connectivity index (χ3v) is 7.74. The highest BCUT2D eigenvalue weighted by atomic mass is 32.2. The molecule has 0 saturated carbocycles. The van der Waals surface area contributed by atoms with E-state index in [4.69, 9.17) is 5.26 Å². The fourth-order valence-corrected chi connectivity index (χ4v) is 5.10. The number of piperidine rings is 1. The number of nitriles is 1. The normalized spacial score (nSPS) is 15.2. The molecule has 3 aromatic rings. The zero-order valence-corrected chi connectivity index (χ0v) is 19.1. The van der Waals surface area contributed by atoms with Gasteiger partial charge in [-0.15, -0.1) is 0 Å². The van der Waals surface area contributed by atoms with Gasteiger partial charge in [-0.25, -0.2) is 12.7 Å². The van der Waals surface area contributed by atoms with Gasteiger partial charge in [-0.3, -0.25) is 9.78 Å². The van der Waals surface area contributed by atoms with Crippen LogP contribution in [0.1, 0.15) is 35.7 Å². The maximum absolute atomic E-state index is 12.7. The highest BCUT2D eigenvalue weighted by molar-refractivity contribution is 7.89. The number of hydrogen-bond donors (Lipinski definition) is 2. The van der Waals surface area contributed by atoms with E-state index < -0.39 is 10.0 Å². The van der Waals surface area contributed by atoms with Crippen molar-refractivity contribution < 1.29 is 13.2 Å². The van der Waals surface area contributed by atoms with Crippen LogP contribution in [-0.2, 0) is 10.0 Å². The van der Waals surface area contributed by atoms with Gasteiger partial charge in [0, 0.05) is 53.8 Å². The Kier molecular flexibility index (Phi) is 6.58. The Bertz CT molecular complexity index is 1310. The first-order valence-electron chi connectivity index (χ1n) is 10.8. The summed E-state index contributed by atoms with van der Waals surface area (Å²) >= 11 is 0. The molecule has 2 heterocycles. The Balaban J connectivity index is 1.53. The molecule has 0 bridgehead atoms. The first-order chi connectivity index (χ1) is 15.9. The third kappa shape index (κ3) is 5.13. The van der Waals surface area contributed by atoms with E-state index in [9.17, 15) is 13.2 Å². The lowest BCUT2D eigenvalue weighted by molar-refractivity contribution is 0.102. The van der Waals surface area contributed by atoms with Crippen LogP contribution in [-0.4, -0.2) is 48.5 Å². The largest absolute Gasteiger partial charge is 0.382 e. The van der Waals surface area contributed by atoms with Gasteiger partial charge in [-0.2, -0.15) is 5.26 Å². The number of fused-ring (bicyclic) bond motifs is 1. The van der Waals surface area contributed by atoms with E-state index in [0.717, 1.165) is 16.5 Å². The number of rotatable bonds is 6. The van der Waals surface area contributed by atoms with Gasteiger partial charge < -0.3 is 10.6 Å². The molecule has 2 N–H and O–H groups in total. The summed E-state index contributed by atoms with van der Waals surface area (Å²) in [6, 6.07) is 14.3. The van der Waals surface area contributed by atoms with Gasteiger partial charge >= 0.3 is 0 Å². The molecule has 2 aromatic carbocycles. The summed E-state index contributed by atoms with van der Waals surface area (Å²) in [7, 11) is -3.17. The van der Waals surface area contributed by atoms with Crippen LogP contribution in [0.5, 0.6) is 0 Å². The second-order valence-electron chi connectivity index (χ2n) is 7.98. The highest BCUT2D eigenvalue weighted by Gasteiger charge is 2.27. The van der Waals surface area contributed by atoms with Crippen molar-refractivity contribution in [3.63, 3.8) is 0 Å². The van der Waals surface area contributed by atoms with Crippen LogP contribution in [0.15, 0.2) is 54.9 Å². The molecule has 1 fully saturated rings. The van der Waals surface area contributed by atoms with E-state index in [2.05, 4.69) is 15.6 Å². The van der Waals surface area contributed by atoms with E-state index in [0.29, 0.717) is 42.7 Å². The van der Waals surface area contributed by atoms with Crippen LogP contribution in [0, 0.1) is 11.3 Å². The molecule has 8 nitrogen and oxygen atoms in total. The number of aromatic nitrogens is 1. The van der Waals surface area contributed by atoms with Crippen LogP contribution in [0.3, 0.4) is 0 Å². The number of benzene rings is 2. The summed E-state index contributed by atoms with van der Waals surface area (Å²) in [5, 5.41) is 17.3. The van der Waals surface area contributed by atoms with Crippen LogP contribution in [0.25, 0.3) is 10.8 Å². The number of nitrogens with zero attached hydrogens (tertiary/aromatic N) is 3. The second-order valence-corrected chi connectivity index (χ2v) is 10.2. The molecule has 4 rings (SSSR count). The van der Waals surface area contributed by atoms with E-state index in [-0.39, 0.29) is 17.7 Å². The Hall–Kier alpha value is -3.48. The standard InChI is InChI=1S/C24H25N5O3S/c1-2-33(31,32)29-11-8-20(9-12-29)27-23-14-21(13-19-7-10-26-16-22(19)23)28-24(30)18-5-3-17(15-25)4-6-18/h3-7,10,13-14,16,20,27H,2,8-9,11-12H2,1H3,(H,28,30). The molecule has 0 spiro atoms. The average molecular weight is 464 g/mol. The number of hydrogen-bond acceptors (Lipinski definition) is 6. The van der Waals surface area contributed by atoms with Crippen molar-refractivity contribution in [2.75, 3.05) is 29.5 Å². The lowest BCUT2D eigenvalue weighted by Gasteiger charge is -2.32. The van der Waals surface area contributed by atoms with Crippen LogP contribution >= 0.6 is 0 Å². The minimum atomic E-state index is -3.17. The number of carbonyl (C=O) groups excluding carboxylic acids is 1. The van der Waals surface area contributed by atoms with Crippen molar-refractivity contribution in [2.45, 2.75) is 25.8 Å². The number of amides is 1. The predicted molar refractivity (Wildman–Crippen MR) is 129 cm³/mol. The third-order valence-electron chi connectivity index (χ3n) is 5.86. The molecular formula is C24H25N5O3S. The first-order valence-corrected chi connectivity index (χ1v) is 12.4. The van der Waals surface area contributed by atoms with Crippen LogP contribution < -0.4 is 10.6 Å².